The van der Waals surface area contributed by atoms with E-state index in [0.29, 0.717) is 5.16 Å². The van der Waals surface area contributed by atoms with E-state index in [0.717, 1.165) is 11.3 Å². The van der Waals surface area contributed by atoms with Crippen molar-refractivity contribution in [1.29, 1.82) is 5.26 Å². The zero-order valence-corrected chi connectivity index (χ0v) is 19.1. The molecule has 3 aromatic rings. The maximum atomic E-state index is 13.1. The summed E-state index contributed by atoms with van der Waals surface area (Å²) in [6, 6.07) is 14.0. The van der Waals surface area contributed by atoms with E-state index in [-0.39, 0.29) is 54.1 Å². The van der Waals surface area contributed by atoms with Crippen molar-refractivity contribution in [1.82, 2.24) is 19.2 Å². The molecule has 1 saturated heterocycles. The van der Waals surface area contributed by atoms with Crippen molar-refractivity contribution in [2.45, 2.75) is 10.1 Å². The van der Waals surface area contributed by atoms with Crippen LogP contribution in [0.15, 0.2) is 64.8 Å². The average Bonchev–Trinajstić information content (AvgIpc) is 3.32. The molecule has 170 valence electrons. The smallest absolute Gasteiger partial charge is 0.244 e. The number of amides is 1. The van der Waals surface area contributed by atoms with Gasteiger partial charge in [-0.3, -0.25) is 4.79 Å². The molecule has 0 bridgehead atoms. The van der Waals surface area contributed by atoms with Crippen molar-refractivity contribution in [3.8, 4) is 17.3 Å². The Kier molecular flexibility index (Phi) is 6.78. The number of H-pyrrole nitrogens is 1. The van der Waals surface area contributed by atoms with Gasteiger partial charge in [0, 0.05) is 26.2 Å². The van der Waals surface area contributed by atoms with Crippen molar-refractivity contribution >= 4 is 27.7 Å². The quantitative estimate of drug-likeness (QED) is 0.538. The van der Waals surface area contributed by atoms with E-state index < -0.39 is 10.0 Å². The summed E-state index contributed by atoms with van der Waals surface area (Å²) in [5.41, 5.74) is 1.62. The van der Waals surface area contributed by atoms with Gasteiger partial charge in [-0.05, 0) is 42.0 Å². The number of aromatic nitrogens is 2. The first-order valence-corrected chi connectivity index (χ1v) is 12.5. The molecule has 1 N–H and O–H groups in total. The van der Waals surface area contributed by atoms with Gasteiger partial charge in [-0.15, -0.1) is 0 Å². The minimum Gasteiger partial charge on any atom is -0.339 e. The second-order valence-electron chi connectivity index (χ2n) is 7.29. The lowest BCUT2D eigenvalue weighted by Crippen LogP contribution is -2.51. The van der Waals surface area contributed by atoms with Gasteiger partial charge in [-0.25, -0.2) is 17.8 Å². The Labute approximate surface area is 195 Å². The largest absolute Gasteiger partial charge is 0.339 e. The predicted octanol–water partition coefficient (Wildman–Crippen LogP) is 2.71. The molecule has 0 saturated carbocycles. The number of halogens is 1. The number of sulfonamides is 1. The zero-order valence-electron chi connectivity index (χ0n) is 17.4. The van der Waals surface area contributed by atoms with Crippen LogP contribution in [0.3, 0.4) is 0 Å². The fourth-order valence-electron chi connectivity index (χ4n) is 3.47. The first-order chi connectivity index (χ1) is 15.9. The van der Waals surface area contributed by atoms with Crippen molar-refractivity contribution in [2.24, 2.45) is 0 Å². The van der Waals surface area contributed by atoms with Crippen LogP contribution >= 0.6 is 11.8 Å². The van der Waals surface area contributed by atoms with E-state index >= 15 is 0 Å². The zero-order chi connectivity index (χ0) is 23.4. The molecule has 2 heterocycles. The minimum absolute atomic E-state index is 0.0161. The highest BCUT2D eigenvalue weighted by molar-refractivity contribution is 7.99. The minimum atomic E-state index is -3.81. The van der Waals surface area contributed by atoms with E-state index in [1.807, 2.05) is 6.07 Å². The van der Waals surface area contributed by atoms with E-state index in [9.17, 15) is 22.9 Å². The topological polar surface area (TPSA) is 110 Å². The lowest BCUT2D eigenvalue weighted by Gasteiger charge is -2.34. The molecule has 1 amide bonds. The molecule has 1 aliphatic heterocycles. The summed E-state index contributed by atoms with van der Waals surface area (Å²) in [7, 11) is -3.81. The lowest BCUT2D eigenvalue weighted by atomic mass is 10.2. The molecular weight excluding hydrogens is 465 g/mol. The van der Waals surface area contributed by atoms with Crippen LogP contribution in [0.2, 0.25) is 0 Å². The molecule has 0 radical (unpaired) electrons. The maximum Gasteiger partial charge on any atom is 0.244 e. The standard InChI is InChI=1S/C22H20FN5O3S2/c23-18-7-5-16(6-8-18)19-14-25-22(26-19)32-15-21(29)27-9-11-28(12-10-27)33(30,31)20-4-2-1-3-17(20)13-24/h1-8,14H,9-12,15H2,(H,25,26). The Balaban J connectivity index is 1.32. The Bertz CT molecular complexity index is 1290. The highest BCUT2D eigenvalue weighted by atomic mass is 32.2. The van der Waals surface area contributed by atoms with Crippen LogP contribution in [0.4, 0.5) is 4.39 Å². The first-order valence-electron chi connectivity index (χ1n) is 10.1. The number of thioether (sulfide) groups is 1. The summed E-state index contributed by atoms with van der Waals surface area (Å²) in [5, 5.41) is 9.78. The van der Waals surface area contributed by atoms with Gasteiger partial charge >= 0.3 is 0 Å². The Hall–Kier alpha value is -3.20. The molecule has 11 heteroatoms. The van der Waals surface area contributed by atoms with Crippen LogP contribution in [0.25, 0.3) is 11.3 Å². The van der Waals surface area contributed by atoms with Gasteiger partial charge in [0.1, 0.15) is 11.9 Å². The number of nitrogens with zero attached hydrogens (tertiary/aromatic N) is 4. The number of hydrogen-bond donors (Lipinski definition) is 1. The number of aromatic amines is 1. The maximum absolute atomic E-state index is 13.1. The predicted molar refractivity (Wildman–Crippen MR) is 121 cm³/mol. The van der Waals surface area contributed by atoms with Crippen LogP contribution in [0.5, 0.6) is 0 Å². The van der Waals surface area contributed by atoms with Gasteiger partial charge in [0.2, 0.25) is 15.9 Å². The van der Waals surface area contributed by atoms with Crippen molar-refractivity contribution < 1.29 is 17.6 Å². The number of nitrogens with one attached hydrogen (secondary N) is 1. The van der Waals surface area contributed by atoms with Crippen LogP contribution in [0, 0.1) is 17.1 Å². The summed E-state index contributed by atoms with van der Waals surface area (Å²) in [6.07, 6.45) is 1.63. The molecule has 1 aliphatic rings. The number of piperazine rings is 1. The van der Waals surface area contributed by atoms with Crippen molar-refractivity contribution in [3.05, 3.63) is 66.1 Å². The Morgan fingerprint density at radius 2 is 1.82 bits per heavy atom. The molecule has 4 rings (SSSR count). The number of hydrogen-bond acceptors (Lipinski definition) is 6. The van der Waals surface area contributed by atoms with Crippen molar-refractivity contribution in [3.63, 3.8) is 0 Å². The fraction of sp³-hybridized carbons (Fsp3) is 0.227. The molecule has 0 spiro atoms. The Morgan fingerprint density at radius 3 is 2.52 bits per heavy atom. The van der Waals surface area contributed by atoms with Gasteiger partial charge in [0.15, 0.2) is 5.16 Å². The molecular formula is C22H20FN5O3S2. The number of benzene rings is 2. The Morgan fingerprint density at radius 1 is 1.12 bits per heavy atom. The number of imidazole rings is 1. The second-order valence-corrected chi connectivity index (χ2v) is 10.2. The van der Waals surface area contributed by atoms with E-state index in [1.165, 1.54) is 40.3 Å². The third kappa shape index (κ3) is 5.08. The highest BCUT2D eigenvalue weighted by Crippen LogP contribution is 2.23. The van der Waals surface area contributed by atoms with E-state index in [2.05, 4.69) is 9.97 Å². The van der Waals surface area contributed by atoms with Gasteiger partial charge in [0.25, 0.3) is 0 Å². The third-order valence-electron chi connectivity index (χ3n) is 5.26. The average molecular weight is 486 g/mol. The van der Waals surface area contributed by atoms with Gasteiger partial charge in [-0.1, -0.05) is 23.9 Å². The van der Waals surface area contributed by atoms with E-state index in [4.69, 9.17) is 0 Å². The molecule has 2 aromatic carbocycles. The highest BCUT2D eigenvalue weighted by Gasteiger charge is 2.31. The summed E-state index contributed by atoms with van der Waals surface area (Å²) >= 11 is 1.25. The first kappa shape index (κ1) is 23.0. The van der Waals surface area contributed by atoms with Crippen LogP contribution in [-0.2, 0) is 14.8 Å². The van der Waals surface area contributed by atoms with Crippen molar-refractivity contribution in [2.75, 3.05) is 31.9 Å². The van der Waals surface area contributed by atoms with Crippen LogP contribution in [-0.4, -0.2) is 65.4 Å². The molecule has 0 atom stereocenters. The van der Waals surface area contributed by atoms with Crippen LogP contribution < -0.4 is 0 Å². The van der Waals surface area contributed by atoms with Gasteiger partial charge in [0.05, 0.1) is 28.1 Å². The molecule has 1 aromatic heterocycles. The number of carbonyl (C=O) groups excluding carboxylic acids is 1. The molecule has 1 fully saturated rings. The summed E-state index contributed by atoms with van der Waals surface area (Å²) in [6.45, 7) is 0.862. The van der Waals surface area contributed by atoms with Gasteiger partial charge < -0.3 is 9.88 Å². The summed E-state index contributed by atoms with van der Waals surface area (Å²) < 4.78 is 40.2. The summed E-state index contributed by atoms with van der Waals surface area (Å²) in [5.74, 6) is -0.282. The fourth-order valence-corrected chi connectivity index (χ4v) is 5.79. The van der Waals surface area contributed by atoms with Crippen LogP contribution in [0.1, 0.15) is 5.56 Å². The summed E-state index contributed by atoms with van der Waals surface area (Å²) in [4.78, 5) is 21.6. The number of nitriles is 1. The SMILES string of the molecule is N#Cc1ccccc1S(=O)(=O)N1CCN(C(=O)CSc2ncc(-c3ccc(F)cc3)[nH]2)CC1. The second kappa shape index (κ2) is 9.74. The molecule has 8 nitrogen and oxygen atoms in total. The molecule has 33 heavy (non-hydrogen) atoms. The third-order valence-corrected chi connectivity index (χ3v) is 8.09. The monoisotopic (exact) mass is 485 g/mol. The molecule has 0 aliphatic carbocycles. The molecule has 0 unspecified atom stereocenters. The number of rotatable bonds is 6. The lowest BCUT2D eigenvalue weighted by molar-refractivity contribution is -0.129. The normalized spacial score (nSPS) is 14.7. The number of carbonyl (C=O) groups is 1. The van der Waals surface area contributed by atoms with Gasteiger partial charge in [-0.2, -0.15) is 9.57 Å². The van der Waals surface area contributed by atoms with E-state index in [1.54, 1.807) is 35.4 Å².